The van der Waals surface area contributed by atoms with Crippen molar-refractivity contribution < 1.29 is 13.2 Å². The molecule has 0 spiro atoms. The normalized spacial score (nSPS) is 16.6. The van der Waals surface area contributed by atoms with E-state index < -0.39 is 15.7 Å². The van der Waals surface area contributed by atoms with Gasteiger partial charge in [0.2, 0.25) is 0 Å². The Bertz CT molecular complexity index is 1000. The Morgan fingerprint density at radius 3 is 2.81 bits per heavy atom. The molecule has 5 nitrogen and oxygen atoms in total. The highest BCUT2D eigenvalue weighted by Crippen LogP contribution is 2.39. The largest absolute Gasteiger partial charge is 0.312 e. The van der Waals surface area contributed by atoms with Gasteiger partial charge < -0.3 is 5.32 Å². The fourth-order valence-corrected chi connectivity index (χ4v) is 5.66. The van der Waals surface area contributed by atoms with Crippen molar-refractivity contribution in [1.82, 2.24) is 0 Å². The Hall–Kier alpha value is -2.17. The zero-order valence-corrected chi connectivity index (χ0v) is 16.3. The summed E-state index contributed by atoms with van der Waals surface area (Å²) in [5.74, 6) is -0.0150. The highest BCUT2D eigenvalue weighted by molar-refractivity contribution is 7.91. The molecule has 3 rings (SSSR count). The van der Waals surface area contributed by atoms with E-state index in [0.717, 1.165) is 29.7 Å². The molecule has 0 bridgehead atoms. The summed E-state index contributed by atoms with van der Waals surface area (Å²) in [6, 6.07) is 8.39. The van der Waals surface area contributed by atoms with Gasteiger partial charge in [0, 0.05) is 4.88 Å². The van der Waals surface area contributed by atoms with Gasteiger partial charge in [-0.3, -0.25) is 4.79 Å². The molecule has 1 aliphatic rings. The molecule has 0 saturated heterocycles. The van der Waals surface area contributed by atoms with Crippen molar-refractivity contribution in [2.24, 2.45) is 5.92 Å². The van der Waals surface area contributed by atoms with Crippen LogP contribution in [0.2, 0.25) is 0 Å². The number of hydrogen-bond donors (Lipinski definition) is 1. The van der Waals surface area contributed by atoms with Crippen LogP contribution in [0.1, 0.15) is 46.6 Å². The van der Waals surface area contributed by atoms with Gasteiger partial charge in [0.25, 0.3) is 5.91 Å². The number of thiophene rings is 1. The van der Waals surface area contributed by atoms with Crippen molar-refractivity contribution >= 4 is 32.1 Å². The average Bonchev–Trinajstić information content (AvgIpc) is 2.97. The number of carbonyl (C=O) groups is 1. The molecule has 26 heavy (non-hydrogen) atoms. The lowest BCUT2D eigenvalue weighted by Gasteiger charge is -2.17. The van der Waals surface area contributed by atoms with Gasteiger partial charge in [-0.25, -0.2) is 8.42 Å². The Morgan fingerprint density at radius 1 is 1.38 bits per heavy atom. The number of sulfone groups is 1. The van der Waals surface area contributed by atoms with Crippen molar-refractivity contribution in [3.05, 3.63) is 45.8 Å². The third-order valence-electron chi connectivity index (χ3n) is 4.70. The molecule has 0 saturated carbocycles. The lowest BCUT2D eigenvalue weighted by atomic mass is 9.88. The molecule has 1 amide bonds. The Balaban J connectivity index is 1.97. The first-order chi connectivity index (χ1) is 12.4. The minimum Gasteiger partial charge on any atom is -0.312 e. The summed E-state index contributed by atoms with van der Waals surface area (Å²) in [5, 5.41) is 12.8. The Morgan fingerprint density at radius 2 is 2.12 bits per heavy atom. The van der Waals surface area contributed by atoms with Gasteiger partial charge in [-0.2, -0.15) is 5.26 Å². The van der Waals surface area contributed by atoms with E-state index >= 15 is 0 Å². The standard InChI is InChI=1S/C19H20N2O3S2/c1-3-26(23,24)17-7-5-4-6-14(17)18(22)21-19-15(11-20)13-9-8-12(2)10-16(13)25-19/h4-7,12H,3,8-10H2,1-2H3,(H,21,22)/t12-/m1/s1. The first-order valence-electron chi connectivity index (χ1n) is 8.55. The number of amides is 1. The quantitative estimate of drug-likeness (QED) is 0.863. The first kappa shape index (κ1) is 18.6. The maximum atomic E-state index is 12.8. The SMILES string of the molecule is CCS(=O)(=O)c1ccccc1C(=O)Nc1sc2c(c1C#N)CC[C@@H](C)C2. The van der Waals surface area contributed by atoms with Crippen molar-refractivity contribution in [1.29, 1.82) is 5.26 Å². The molecular formula is C19H20N2O3S2. The van der Waals surface area contributed by atoms with E-state index in [0.29, 0.717) is 16.5 Å². The zero-order chi connectivity index (χ0) is 18.9. The second-order valence-corrected chi connectivity index (χ2v) is 9.87. The number of hydrogen-bond acceptors (Lipinski definition) is 5. The van der Waals surface area contributed by atoms with Crippen LogP contribution in [0.5, 0.6) is 0 Å². The lowest BCUT2D eigenvalue weighted by Crippen LogP contribution is -2.17. The molecule has 1 aliphatic carbocycles. The summed E-state index contributed by atoms with van der Waals surface area (Å²) < 4.78 is 24.5. The number of rotatable bonds is 4. The molecule has 0 radical (unpaired) electrons. The number of benzene rings is 1. The number of carbonyl (C=O) groups excluding carboxylic acids is 1. The summed E-state index contributed by atoms with van der Waals surface area (Å²) >= 11 is 1.43. The number of nitriles is 1. The van der Waals surface area contributed by atoms with Crippen LogP contribution in [0.25, 0.3) is 0 Å². The average molecular weight is 389 g/mol. The highest BCUT2D eigenvalue weighted by atomic mass is 32.2. The van der Waals surface area contributed by atoms with E-state index in [1.54, 1.807) is 19.1 Å². The van der Waals surface area contributed by atoms with Crippen LogP contribution in [-0.4, -0.2) is 20.1 Å². The van der Waals surface area contributed by atoms with E-state index in [2.05, 4.69) is 18.3 Å². The van der Waals surface area contributed by atoms with Gasteiger partial charge in [-0.1, -0.05) is 26.0 Å². The second-order valence-electron chi connectivity index (χ2n) is 6.52. The smallest absolute Gasteiger partial charge is 0.257 e. The third-order valence-corrected chi connectivity index (χ3v) is 7.65. The predicted molar refractivity (Wildman–Crippen MR) is 102 cm³/mol. The fraction of sp³-hybridized carbons (Fsp3) is 0.368. The summed E-state index contributed by atoms with van der Waals surface area (Å²) in [5.41, 5.74) is 1.65. The number of nitrogens with one attached hydrogen (secondary N) is 1. The second kappa shape index (κ2) is 7.22. The van der Waals surface area contributed by atoms with Crippen LogP contribution >= 0.6 is 11.3 Å². The molecule has 7 heteroatoms. The third kappa shape index (κ3) is 3.39. The van der Waals surface area contributed by atoms with E-state index in [9.17, 15) is 18.5 Å². The minimum atomic E-state index is -3.51. The number of nitrogens with zero attached hydrogens (tertiary/aromatic N) is 1. The van der Waals surface area contributed by atoms with Crippen molar-refractivity contribution in [2.45, 2.75) is 38.0 Å². The zero-order valence-electron chi connectivity index (χ0n) is 14.7. The summed E-state index contributed by atoms with van der Waals surface area (Å²) in [6.45, 7) is 3.73. The fourth-order valence-electron chi connectivity index (χ4n) is 3.21. The van der Waals surface area contributed by atoms with E-state index in [-0.39, 0.29) is 16.2 Å². The predicted octanol–water partition coefficient (Wildman–Crippen LogP) is 3.79. The molecule has 1 aromatic heterocycles. The van der Waals surface area contributed by atoms with Crippen LogP contribution in [0.15, 0.2) is 29.2 Å². The minimum absolute atomic E-state index is 0.0217. The lowest BCUT2D eigenvalue weighted by molar-refractivity contribution is 0.102. The molecule has 136 valence electrons. The maximum Gasteiger partial charge on any atom is 0.257 e. The molecule has 0 aliphatic heterocycles. The molecular weight excluding hydrogens is 368 g/mol. The molecule has 0 fully saturated rings. The van der Waals surface area contributed by atoms with Crippen molar-refractivity contribution in [2.75, 3.05) is 11.1 Å². The Labute approximate surface area is 157 Å². The summed E-state index contributed by atoms with van der Waals surface area (Å²) in [6.07, 6.45) is 2.78. The molecule has 1 heterocycles. The van der Waals surface area contributed by atoms with Crippen LogP contribution in [0.3, 0.4) is 0 Å². The Kier molecular flexibility index (Phi) is 5.17. The highest BCUT2D eigenvalue weighted by Gasteiger charge is 2.26. The van der Waals surface area contributed by atoms with Crippen LogP contribution in [0, 0.1) is 17.2 Å². The van der Waals surface area contributed by atoms with Crippen LogP contribution < -0.4 is 5.32 Å². The molecule has 1 aromatic carbocycles. The monoisotopic (exact) mass is 388 g/mol. The number of anilines is 1. The van der Waals surface area contributed by atoms with E-state index in [4.69, 9.17) is 0 Å². The van der Waals surface area contributed by atoms with E-state index in [1.807, 2.05) is 0 Å². The summed E-state index contributed by atoms with van der Waals surface area (Å²) in [7, 11) is -3.51. The van der Waals surface area contributed by atoms with Gasteiger partial charge in [-0.15, -0.1) is 11.3 Å². The maximum absolute atomic E-state index is 12.8. The molecule has 1 N–H and O–H groups in total. The molecule has 2 aromatic rings. The van der Waals surface area contributed by atoms with Gasteiger partial charge >= 0.3 is 0 Å². The first-order valence-corrected chi connectivity index (χ1v) is 11.0. The topological polar surface area (TPSA) is 87.0 Å². The number of fused-ring (bicyclic) bond motifs is 1. The van der Waals surface area contributed by atoms with E-state index in [1.165, 1.54) is 23.5 Å². The molecule has 0 unspecified atom stereocenters. The molecule has 1 atom stereocenters. The van der Waals surface area contributed by atoms with Gasteiger partial charge in [0.05, 0.1) is 21.8 Å². The van der Waals surface area contributed by atoms with Gasteiger partial charge in [-0.05, 0) is 42.9 Å². The van der Waals surface area contributed by atoms with Crippen LogP contribution in [0.4, 0.5) is 5.00 Å². The van der Waals surface area contributed by atoms with Gasteiger partial charge in [0.15, 0.2) is 9.84 Å². The summed E-state index contributed by atoms with van der Waals surface area (Å²) in [4.78, 5) is 13.9. The van der Waals surface area contributed by atoms with Crippen LogP contribution in [-0.2, 0) is 22.7 Å². The van der Waals surface area contributed by atoms with Gasteiger partial charge in [0.1, 0.15) is 11.1 Å². The van der Waals surface area contributed by atoms with Crippen molar-refractivity contribution in [3.63, 3.8) is 0 Å². The van der Waals surface area contributed by atoms with Crippen molar-refractivity contribution in [3.8, 4) is 6.07 Å².